The summed E-state index contributed by atoms with van der Waals surface area (Å²) in [4.78, 5) is 0. The first-order valence-electron chi connectivity index (χ1n) is 6.86. The summed E-state index contributed by atoms with van der Waals surface area (Å²) in [5, 5.41) is 12.6. The van der Waals surface area contributed by atoms with Gasteiger partial charge in [0, 0.05) is 6.54 Å². The van der Waals surface area contributed by atoms with Gasteiger partial charge in [-0.15, -0.1) is 0 Å². The van der Waals surface area contributed by atoms with Crippen LogP contribution >= 0.6 is 0 Å². The third-order valence-electron chi connectivity index (χ3n) is 3.05. The molecular formula is C14H21N3O3S. The number of aliphatic hydroxyl groups excluding tert-OH is 1. The van der Waals surface area contributed by atoms with Crippen molar-refractivity contribution >= 4 is 10.2 Å². The lowest BCUT2D eigenvalue weighted by molar-refractivity contribution is 0.390. The Hall–Kier alpha value is -1.73. The van der Waals surface area contributed by atoms with Crippen LogP contribution in [-0.2, 0) is 23.3 Å². The van der Waals surface area contributed by atoms with E-state index in [1.54, 1.807) is 0 Å². The maximum Gasteiger partial charge on any atom is 0.326 e. The predicted molar refractivity (Wildman–Crippen MR) is 81.3 cm³/mol. The quantitative estimate of drug-likeness (QED) is 0.742. The maximum atomic E-state index is 11.6. The molecule has 1 aromatic carbocycles. The number of nitrogens with zero attached hydrogens (tertiary/aromatic N) is 1. The molecule has 0 atom stereocenters. The van der Waals surface area contributed by atoms with Gasteiger partial charge >= 0.3 is 10.2 Å². The summed E-state index contributed by atoms with van der Waals surface area (Å²) >= 11 is 0. The summed E-state index contributed by atoms with van der Waals surface area (Å²) < 4.78 is 26.4. The summed E-state index contributed by atoms with van der Waals surface area (Å²) in [6, 6.07) is 7.74. The second-order valence-electron chi connectivity index (χ2n) is 5.51. The van der Waals surface area contributed by atoms with Crippen LogP contribution < -0.4 is 10.0 Å². The van der Waals surface area contributed by atoms with E-state index in [1.165, 1.54) is 6.20 Å². The molecule has 116 valence electrons. The van der Waals surface area contributed by atoms with Crippen molar-refractivity contribution < 1.29 is 13.5 Å². The molecule has 0 aliphatic carbocycles. The average Bonchev–Trinajstić information content (AvgIpc) is 2.64. The zero-order valence-electron chi connectivity index (χ0n) is 12.2. The van der Waals surface area contributed by atoms with Gasteiger partial charge in [-0.1, -0.05) is 38.1 Å². The molecule has 21 heavy (non-hydrogen) atoms. The van der Waals surface area contributed by atoms with Gasteiger partial charge in [0.2, 0.25) is 5.88 Å². The summed E-state index contributed by atoms with van der Waals surface area (Å²) in [5.41, 5.74) is 2.01. The highest BCUT2D eigenvalue weighted by molar-refractivity contribution is 7.87. The third-order valence-corrected chi connectivity index (χ3v) is 4.37. The van der Waals surface area contributed by atoms with Crippen LogP contribution in [0.5, 0.6) is 0 Å². The van der Waals surface area contributed by atoms with Crippen molar-refractivity contribution in [2.24, 2.45) is 5.92 Å². The Bertz CT molecular complexity index is 609. The van der Waals surface area contributed by atoms with Crippen molar-refractivity contribution in [3.05, 3.63) is 47.5 Å². The number of hydrogen-bond donors (Lipinski definition) is 3. The smallest absolute Gasteiger partial charge is 0.326 e. The van der Waals surface area contributed by atoms with E-state index in [-0.39, 0.29) is 12.4 Å². The molecule has 1 aromatic rings. The van der Waals surface area contributed by atoms with Gasteiger partial charge in [0.25, 0.3) is 0 Å². The van der Waals surface area contributed by atoms with Crippen LogP contribution in [-0.4, -0.2) is 24.4 Å². The Kier molecular flexibility index (Phi) is 4.74. The number of hydrogen-bond acceptors (Lipinski definition) is 4. The summed E-state index contributed by atoms with van der Waals surface area (Å²) in [6.45, 7) is 6.26. The first kappa shape index (κ1) is 15.7. The number of nitrogens with one attached hydrogen (secondary N) is 2. The summed E-state index contributed by atoms with van der Waals surface area (Å²) in [5.74, 6) is 0.251. The van der Waals surface area contributed by atoms with Crippen molar-refractivity contribution in [2.45, 2.75) is 26.9 Å². The average molecular weight is 311 g/mol. The van der Waals surface area contributed by atoms with Crippen molar-refractivity contribution in [3.8, 4) is 0 Å². The molecule has 0 fully saturated rings. The van der Waals surface area contributed by atoms with E-state index in [1.807, 2.05) is 29.0 Å². The van der Waals surface area contributed by atoms with E-state index < -0.39 is 10.2 Å². The second kappa shape index (κ2) is 6.36. The normalized spacial score (nSPS) is 16.9. The molecule has 0 radical (unpaired) electrons. The van der Waals surface area contributed by atoms with Crippen LogP contribution in [0.15, 0.2) is 36.3 Å². The Balaban J connectivity index is 1.94. The van der Waals surface area contributed by atoms with Crippen LogP contribution in [0.2, 0.25) is 0 Å². The van der Waals surface area contributed by atoms with E-state index in [9.17, 15) is 13.5 Å². The van der Waals surface area contributed by atoms with E-state index in [4.69, 9.17) is 0 Å². The first-order valence-corrected chi connectivity index (χ1v) is 8.30. The molecule has 0 amide bonds. The van der Waals surface area contributed by atoms with Gasteiger partial charge in [-0.2, -0.15) is 8.42 Å². The largest absolute Gasteiger partial charge is 0.493 e. The van der Waals surface area contributed by atoms with Gasteiger partial charge in [-0.3, -0.25) is 4.31 Å². The van der Waals surface area contributed by atoms with Crippen molar-refractivity contribution in [1.29, 1.82) is 0 Å². The molecule has 0 unspecified atom stereocenters. The Morgan fingerprint density at radius 3 is 2.38 bits per heavy atom. The van der Waals surface area contributed by atoms with E-state index in [2.05, 4.69) is 19.2 Å². The molecule has 0 aromatic heterocycles. The monoisotopic (exact) mass is 311 g/mol. The molecule has 0 saturated carbocycles. The van der Waals surface area contributed by atoms with E-state index in [0.29, 0.717) is 5.92 Å². The van der Waals surface area contributed by atoms with Crippen LogP contribution in [0.3, 0.4) is 0 Å². The number of aliphatic hydroxyl groups is 1. The highest BCUT2D eigenvalue weighted by Crippen LogP contribution is 2.15. The zero-order valence-corrected chi connectivity index (χ0v) is 13.0. The fraction of sp³-hybridized carbons (Fsp3) is 0.429. The lowest BCUT2D eigenvalue weighted by Crippen LogP contribution is -2.29. The number of benzene rings is 1. The molecule has 1 aliphatic rings. The Morgan fingerprint density at radius 2 is 1.86 bits per heavy atom. The highest BCUT2D eigenvalue weighted by atomic mass is 32.2. The summed E-state index contributed by atoms with van der Waals surface area (Å²) in [7, 11) is -3.64. The molecule has 6 nitrogen and oxygen atoms in total. The maximum absolute atomic E-state index is 11.6. The summed E-state index contributed by atoms with van der Waals surface area (Å²) in [6.07, 6.45) is 1.17. The molecule has 1 aliphatic heterocycles. The lowest BCUT2D eigenvalue weighted by atomic mass is 10.1. The Morgan fingerprint density at radius 1 is 1.24 bits per heavy atom. The van der Waals surface area contributed by atoms with E-state index >= 15 is 0 Å². The fourth-order valence-electron chi connectivity index (χ4n) is 2.00. The number of rotatable bonds is 6. The molecule has 1 heterocycles. The minimum atomic E-state index is -3.64. The van der Waals surface area contributed by atoms with Gasteiger partial charge in [-0.05, 0) is 23.6 Å². The molecule has 0 bridgehead atoms. The van der Waals surface area contributed by atoms with Crippen molar-refractivity contribution in [1.82, 2.24) is 14.3 Å². The van der Waals surface area contributed by atoms with Gasteiger partial charge in [-0.25, -0.2) is 4.72 Å². The van der Waals surface area contributed by atoms with Crippen LogP contribution in [0, 0.1) is 5.92 Å². The highest BCUT2D eigenvalue weighted by Gasteiger charge is 2.26. The Labute approximate surface area is 125 Å². The standard InChI is InChI=1S/C14H21N3O3S/c1-11(2)7-15-8-12-3-5-13(6-4-12)9-17-10-14(18)16-21(17,19)20/h3-6,10-11,15-16,18H,7-9H2,1-2H3. The third kappa shape index (κ3) is 4.37. The SMILES string of the molecule is CC(C)CNCc1ccc(CN2C=C(O)NS2(=O)=O)cc1. The second-order valence-corrected chi connectivity index (χ2v) is 7.13. The van der Waals surface area contributed by atoms with Crippen molar-refractivity contribution in [3.63, 3.8) is 0 Å². The predicted octanol–water partition coefficient (Wildman–Crippen LogP) is 1.44. The molecular weight excluding hydrogens is 290 g/mol. The molecule has 3 N–H and O–H groups in total. The molecule has 2 rings (SSSR count). The lowest BCUT2D eigenvalue weighted by Gasteiger charge is -2.14. The van der Waals surface area contributed by atoms with Gasteiger partial charge in [0.05, 0.1) is 12.7 Å². The van der Waals surface area contributed by atoms with Crippen LogP contribution in [0.1, 0.15) is 25.0 Å². The molecule has 7 heteroatoms. The van der Waals surface area contributed by atoms with Crippen molar-refractivity contribution in [2.75, 3.05) is 6.54 Å². The first-order chi connectivity index (χ1) is 9.87. The topological polar surface area (TPSA) is 81.7 Å². The minimum absolute atomic E-state index is 0.194. The molecule has 0 saturated heterocycles. The van der Waals surface area contributed by atoms with Gasteiger partial charge < -0.3 is 10.4 Å². The van der Waals surface area contributed by atoms with Crippen LogP contribution in [0.4, 0.5) is 0 Å². The zero-order chi connectivity index (χ0) is 15.5. The van der Waals surface area contributed by atoms with Gasteiger partial charge in [0.1, 0.15) is 0 Å². The minimum Gasteiger partial charge on any atom is -0.493 e. The van der Waals surface area contributed by atoms with Crippen LogP contribution in [0.25, 0.3) is 0 Å². The fourth-order valence-corrected chi connectivity index (χ4v) is 2.99. The van der Waals surface area contributed by atoms with E-state index in [0.717, 1.165) is 28.5 Å². The molecule has 0 spiro atoms. The van der Waals surface area contributed by atoms with Gasteiger partial charge in [0.15, 0.2) is 0 Å².